The molecule has 0 aromatic heterocycles. The first-order valence-corrected chi connectivity index (χ1v) is 15.1. The van der Waals surface area contributed by atoms with Crippen molar-refractivity contribution >= 4 is 22.8 Å². The second-order valence-electron chi connectivity index (χ2n) is 11.8. The fraction of sp³-hybridized carbons (Fsp3) is 0.333. The van der Waals surface area contributed by atoms with Gasteiger partial charge >= 0.3 is 6.09 Å². The van der Waals surface area contributed by atoms with Crippen LogP contribution in [0.15, 0.2) is 91.0 Å². The number of ether oxygens (including phenoxy) is 3. The van der Waals surface area contributed by atoms with Crippen molar-refractivity contribution in [2.45, 2.75) is 57.6 Å². The second-order valence-corrected chi connectivity index (χ2v) is 11.8. The molecule has 4 aromatic rings. The third kappa shape index (κ3) is 6.58. The topological polar surface area (TPSA) is 85.9 Å². The van der Waals surface area contributed by atoms with Crippen LogP contribution in [0.4, 0.5) is 4.79 Å². The average Bonchev–Trinajstić information content (AvgIpc) is 3.60. The smallest absolute Gasteiger partial charge is 0.407 e. The number of benzene rings is 4. The van der Waals surface area contributed by atoms with Crippen molar-refractivity contribution in [1.29, 1.82) is 0 Å². The van der Waals surface area contributed by atoms with E-state index in [4.69, 9.17) is 14.2 Å². The molecule has 6 rings (SSSR count). The number of nitrogens with one attached hydrogen (secondary N) is 2. The van der Waals surface area contributed by atoms with E-state index in [1.807, 2.05) is 56.3 Å². The van der Waals surface area contributed by atoms with Crippen molar-refractivity contribution in [3.8, 4) is 11.1 Å². The Kier molecular flexibility index (Phi) is 8.72. The van der Waals surface area contributed by atoms with Crippen LogP contribution < -0.4 is 10.6 Å². The normalized spacial score (nSPS) is 18.3. The van der Waals surface area contributed by atoms with Crippen LogP contribution in [-0.2, 0) is 25.6 Å². The third-order valence-electron chi connectivity index (χ3n) is 8.25. The molecule has 1 fully saturated rings. The fourth-order valence-electron chi connectivity index (χ4n) is 6.14. The molecule has 2 amide bonds. The van der Waals surface area contributed by atoms with Crippen LogP contribution in [0.5, 0.6) is 0 Å². The minimum atomic E-state index is -0.739. The maximum Gasteiger partial charge on any atom is 0.407 e. The van der Waals surface area contributed by atoms with Crippen LogP contribution in [0.25, 0.3) is 21.9 Å². The number of hydrogen-bond donors (Lipinski definition) is 2. The van der Waals surface area contributed by atoms with Crippen molar-refractivity contribution in [2.24, 2.45) is 5.92 Å². The molecule has 7 heteroatoms. The maximum absolute atomic E-state index is 13.4. The van der Waals surface area contributed by atoms with Gasteiger partial charge in [0.15, 0.2) is 6.29 Å². The van der Waals surface area contributed by atoms with Gasteiger partial charge in [-0.2, -0.15) is 0 Å². The van der Waals surface area contributed by atoms with E-state index in [-0.39, 0.29) is 30.4 Å². The third-order valence-corrected chi connectivity index (χ3v) is 8.25. The molecule has 2 aliphatic rings. The number of amides is 2. The van der Waals surface area contributed by atoms with E-state index in [0.29, 0.717) is 26.1 Å². The zero-order valence-electron chi connectivity index (χ0n) is 24.6. The molecule has 2 N–H and O–H groups in total. The van der Waals surface area contributed by atoms with Crippen LogP contribution in [0.3, 0.4) is 0 Å². The summed E-state index contributed by atoms with van der Waals surface area (Å²) < 4.78 is 17.7. The van der Waals surface area contributed by atoms with Gasteiger partial charge in [-0.05, 0) is 63.4 Å². The highest BCUT2D eigenvalue weighted by Crippen LogP contribution is 2.44. The molecule has 222 valence electrons. The summed E-state index contributed by atoms with van der Waals surface area (Å²) in [4.78, 5) is 26.4. The highest BCUT2D eigenvalue weighted by molar-refractivity contribution is 5.86. The number of hydrogen-bond acceptors (Lipinski definition) is 5. The molecular formula is C36H38N2O5. The monoisotopic (exact) mass is 578 g/mol. The minimum absolute atomic E-state index is 0.0494. The van der Waals surface area contributed by atoms with Gasteiger partial charge in [-0.15, -0.1) is 0 Å². The second kappa shape index (κ2) is 13.0. The summed E-state index contributed by atoms with van der Waals surface area (Å²) in [6.07, 6.45) is -0.0568. The Morgan fingerprint density at radius 3 is 2.28 bits per heavy atom. The Morgan fingerprint density at radius 2 is 1.56 bits per heavy atom. The summed E-state index contributed by atoms with van der Waals surface area (Å²) in [5.41, 5.74) is 5.66. The minimum Gasteiger partial charge on any atom is -0.449 e. The summed E-state index contributed by atoms with van der Waals surface area (Å²) in [5.74, 6) is -0.131. The molecule has 1 aliphatic heterocycles. The zero-order chi connectivity index (χ0) is 29.8. The van der Waals surface area contributed by atoms with Crippen LogP contribution in [-0.4, -0.2) is 43.6 Å². The Labute approximate surface area is 252 Å². The first-order valence-electron chi connectivity index (χ1n) is 15.1. The number of carbonyl (C=O) groups is 2. The fourth-order valence-corrected chi connectivity index (χ4v) is 6.14. The lowest BCUT2D eigenvalue weighted by atomic mass is 9.98. The molecule has 1 aliphatic carbocycles. The quantitative estimate of drug-likeness (QED) is 0.223. The van der Waals surface area contributed by atoms with Gasteiger partial charge < -0.3 is 24.8 Å². The van der Waals surface area contributed by atoms with Crippen LogP contribution in [0.1, 0.15) is 49.3 Å². The lowest BCUT2D eigenvalue weighted by Crippen LogP contribution is -2.52. The van der Waals surface area contributed by atoms with Crippen molar-refractivity contribution in [3.63, 3.8) is 0 Å². The number of carbonyl (C=O) groups excluding carboxylic acids is 2. The zero-order valence-corrected chi connectivity index (χ0v) is 24.6. The molecule has 0 saturated carbocycles. The maximum atomic E-state index is 13.4. The first-order chi connectivity index (χ1) is 21.0. The van der Waals surface area contributed by atoms with Crippen molar-refractivity contribution < 1.29 is 23.8 Å². The summed E-state index contributed by atoms with van der Waals surface area (Å²) in [6.45, 7) is 5.09. The Hall–Kier alpha value is -4.20. The van der Waals surface area contributed by atoms with Gasteiger partial charge in [-0.1, -0.05) is 98.8 Å². The van der Waals surface area contributed by atoms with Crippen molar-refractivity contribution in [3.05, 3.63) is 108 Å². The lowest BCUT2D eigenvalue weighted by molar-refractivity contribution is -0.139. The van der Waals surface area contributed by atoms with E-state index in [2.05, 4.69) is 59.2 Å². The first kappa shape index (κ1) is 28.9. The molecular weight excluding hydrogens is 540 g/mol. The van der Waals surface area contributed by atoms with Gasteiger partial charge in [0.2, 0.25) is 5.91 Å². The van der Waals surface area contributed by atoms with Crippen LogP contribution in [0, 0.1) is 5.92 Å². The van der Waals surface area contributed by atoms with E-state index in [9.17, 15) is 9.59 Å². The molecule has 1 unspecified atom stereocenters. The van der Waals surface area contributed by atoms with Gasteiger partial charge in [0.1, 0.15) is 12.6 Å². The highest BCUT2D eigenvalue weighted by atomic mass is 16.7. The summed E-state index contributed by atoms with van der Waals surface area (Å²) in [6, 6.07) is 29.8. The molecule has 4 aromatic carbocycles. The molecule has 3 atom stereocenters. The summed E-state index contributed by atoms with van der Waals surface area (Å²) in [5, 5.41) is 8.22. The number of alkyl carbamates (subject to hydrolysis) is 1. The average molecular weight is 579 g/mol. The lowest BCUT2D eigenvalue weighted by Gasteiger charge is -2.25. The van der Waals surface area contributed by atoms with Gasteiger partial charge in [0.25, 0.3) is 0 Å². The molecule has 1 heterocycles. The predicted octanol–water partition coefficient (Wildman–Crippen LogP) is 6.54. The molecule has 43 heavy (non-hydrogen) atoms. The van der Waals surface area contributed by atoms with Gasteiger partial charge in [0, 0.05) is 5.92 Å². The molecule has 0 bridgehead atoms. The van der Waals surface area contributed by atoms with Gasteiger partial charge in [-0.3, -0.25) is 4.79 Å². The Bertz CT molecular complexity index is 1560. The largest absolute Gasteiger partial charge is 0.449 e. The Balaban J connectivity index is 1.05. The molecule has 0 spiro atoms. The molecule has 1 saturated heterocycles. The van der Waals surface area contributed by atoms with Crippen molar-refractivity contribution in [1.82, 2.24) is 10.6 Å². The number of rotatable bonds is 10. The summed E-state index contributed by atoms with van der Waals surface area (Å²) >= 11 is 0. The van der Waals surface area contributed by atoms with E-state index >= 15 is 0 Å². The summed E-state index contributed by atoms with van der Waals surface area (Å²) in [7, 11) is 0. The standard InChI is InChI=1S/C36H38N2O5/c1-23(2)19-33(38-36(40)43-22-31-29-13-7-5-11-27(29)28-12-6-8-14-30(28)31)34(39)37-32-17-18-41-35(32)42-21-24-15-16-25-9-3-4-10-26(25)20-24/h3-16,20,23,31-33,35H,17-19,21-22H2,1-2H3,(H,37,39)(H,38,40)/t32-,33-,35?/m0/s1. The SMILES string of the molecule is CC(C)C[C@H](NC(=O)OCC1c2ccccc2-c2ccccc21)C(=O)N[C@H]1CCOC1OCc1ccc2ccccc2c1. The Morgan fingerprint density at radius 1 is 0.884 bits per heavy atom. The van der Waals surface area contributed by atoms with Gasteiger partial charge in [-0.25, -0.2) is 4.79 Å². The van der Waals surface area contributed by atoms with E-state index in [0.717, 1.165) is 22.1 Å². The van der Waals surface area contributed by atoms with E-state index in [1.165, 1.54) is 16.5 Å². The van der Waals surface area contributed by atoms with E-state index in [1.54, 1.807) is 0 Å². The molecule has 7 nitrogen and oxygen atoms in total. The molecule has 0 radical (unpaired) electrons. The van der Waals surface area contributed by atoms with Gasteiger partial charge in [0.05, 0.1) is 19.3 Å². The highest BCUT2D eigenvalue weighted by Gasteiger charge is 2.34. The van der Waals surface area contributed by atoms with Crippen molar-refractivity contribution in [2.75, 3.05) is 13.2 Å². The van der Waals surface area contributed by atoms with E-state index < -0.39 is 18.4 Å². The van der Waals surface area contributed by atoms with Crippen LogP contribution >= 0.6 is 0 Å². The number of fused-ring (bicyclic) bond motifs is 4. The predicted molar refractivity (Wildman–Crippen MR) is 166 cm³/mol. The van der Waals surface area contributed by atoms with Crippen LogP contribution in [0.2, 0.25) is 0 Å².